The zero-order valence-electron chi connectivity index (χ0n) is 11.5. The van der Waals surface area contributed by atoms with Gasteiger partial charge in [0, 0.05) is 18.0 Å². The molecule has 3 nitrogen and oxygen atoms in total. The van der Waals surface area contributed by atoms with E-state index in [1.807, 2.05) is 24.3 Å². The molecule has 5 heteroatoms. The van der Waals surface area contributed by atoms with E-state index in [1.165, 1.54) is 0 Å². The Morgan fingerprint density at radius 1 is 1.35 bits per heavy atom. The zero-order valence-corrected chi connectivity index (χ0v) is 13.1. The number of hydrogen-bond acceptors (Lipinski definition) is 2. The topological polar surface area (TPSA) is 41.1 Å². The number of carbonyl (C=O) groups excluding carboxylic acids is 1. The SMILES string of the molecule is Cl.O=C(CC1CCNCC1)NCCc1cccc(Cl)c1. The van der Waals surface area contributed by atoms with Crippen LogP contribution in [0.5, 0.6) is 0 Å². The molecule has 1 saturated heterocycles. The van der Waals surface area contributed by atoms with Crippen LogP contribution in [0.3, 0.4) is 0 Å². The Hall–Kier alpha value is -0.770. The highest BCUT2D eigenvalue weighted by molar-refractivity contribution is 6.30. The molecule has 20 heavy (non-hydrogen) atoms. The van der Waals surface area contributed by atoms with Gasteiger partial charge in [-0.05, 0) is 56.0 Å². The van der Waals surface area contributed by atoms with Crippen molar-refractivity contribution in [2.75, 3.05) is 19.6 Å². The molecule has 0 aliphatic carbocycles. The largest absolute Gasteiger partial charge is 0.356 e. The highest BCUT2D eigenvalue weighted by Crippen LogP contribution is 2.15. The second-order valence-corrected chi connectivity index (χ2v) is 5.56. The van der Waals surface area contributed by atoms with Crippen LogP contribution in [0.4, 0.5) is 0 Å². The summed E-state index contributed by atoms with van der Waals surface area (Å²) in [7, 11) is 0. The predicted octanol–water partition coefficient (Wildman–Crippen LogP) is 2.81. The molecule has 1 aliphatic rings. The molecular formula is C15H22Cl2N2O. The molecule has 0 bridgehead atoms. The Morgan fingerprint density at radius 2 is 2.10 bits per heavy atom. The summed E-state index contributed by atoms with van der Waals surface area (Å²) in [6.07, 6.45) is 3.72. The van der Waals surface area contributed by atoms with E-state index in [9.17, 15) is 4.79 Å². The minimum atomic E-state index is 0. The second kappa shape index (κ2) is 9.22. The maximum absolute atomic E-state index is 11.8. The molecule has 0 saturated carbocycles. The fourth-order valence-corrected chi connectivity index (χ4v) is 2.67. The van der Waals surface area contributed by atoms with E-state index in [2.05, 4.69) is 10.6 Å². The van der Waals surface area contributed by atoms with Crippen molar-refractivity contribution in [1.29, 1.82) is 0 Å². The molecule has 0 spiro atoms. The number of rotatable bonds is 5. The van der Waals surface area contributed by atoms with Crippen molar-refractivity contribution >= 4 is 29.9 Å². The van der Waals surface area contributed by atoms with Crippen LogP contribution < -0.4 is 10.6 Å². The summed E-state index contributed by atoms with van der Waals surface area (Å²) in [5.74, 6) is 0.723. The fraction of sp³-hybridized carbons (Fsp3) is 0.533. The minimum Gasteiger partial charge on any atom is -0.356 e. The van der Waals surface area contributed by atoms with Crippen LogP contribution in [0.1, 0.15) is 24.8 Å². The lowest BCUT2D eigenvalue weighted by Gasteiger charge is -2.21. The van der Waals surface area contributed by atoms with Crippen molar-refractivity contribution in [3.63, 3.8) is 0 Å². The van der Waals surface area contributed by atoms with Crippen LogP contribution in [0.25, 0.3) is 0 Å². The lowest BCUT2D eigenvalue weighted by molar-refractivity contribution is -0.122. The van der Waals surface area contributed by atoms with Crippen LogP contribution in [0, 0.1) is 5.92 Å². The van der Waals surface area contributed by atoms with Gasteiger partial charge in [-0.25, -0.2) is 0 Å². The summed E-state index contributed by atoms with van der Waals surface area (Å²) >= 11 is 5.92. The average molecular weight is 317 g/mol. The van der Waals surface area contributed by atoms with Gasteiger partial charge < -0.3 is 10.6 Å². The van der Waals surface area contributed by atoms with Crippen LogP contribution in [-0.2, 0) is 11.2 Å². The number of nitrogens with one attached hydrogen (secondary N) is 2. The maximum atomic E-state index is 11.8. The Labute approximate surface area is 131 Å². The number of carbonyl (C=O) groups is 1. The Morgan fingerprint density at radius 3 is 2.80 bits per heavy atom. The molecule has 0 aromatic heterocycles. The number of hydrogen-bond donors (Lipinski definition) is 2. The third-order valence-corrected chi connectivity index (χ3v) is 3.79. The van der Waals surface area contributed by atoms with Crippen molar-refractivity contribution in [1.82, 2.24) is 10.6 Å². The molecule has 112 valence electrons. The molecule has 1 amide bonds. The van der Waals surface area contributed by atoms with Crippen molar-refractivity contribution in [2.24, 2.45) is 5.92 Å². The molecule has 1 fully saturated rings. The zero-order chi connectivity index (χ0) is 13.5. The average Bonchev–Trinajstić information content (AvgIpc) is 2.40. The summed E-state index contributed by atoms with van der Waals surface area (Å²) in [6, 6.07) is 7.78. The first-order valence-corrected chi connectivity index (χ1v) is 7.33. The predicted molar refractivity (Wildman–Crippen MR) is 85.6 cm³/mol. The number of amides is 1. The molecule has 1 heterocycles. The van der Waals surface area contributed by atoms with Crippen LogP contribution in [0.2, 0.25) is 5.02 Å². The summed E-state index contributed by atoms with van der Waals surface area (Å²) < 4.78 is 0. The molecule has 0 unspecified atom stereocenters. The van der Waals surface area contributed by atoms with Crippen molar-refractivity contribution < 1.29 is 4.79 Å². The van der Waals surface area contributed by atoms with Crippen LogP contribution in [-0.4, -0.2) is 25.5 Å². The highest BCUT2D eigenvalue weighted by atomic mass is 35.5. The van der Waals surface area contributed by atoms with E-state index in [0.29, 0.717) is 18.9 Å². The first-order valence-electron chi connectivity index (χ1n) is 6.96. The fourth-order valence-electron chi connectivity index (χ4n) is 2.46. The minimum absolute atomic E-state index is 0. The van der Waals surface area contributed by atoms with Gasteiger partial charge in [-0.1, -0.05) is 23.7 Å². The van der Waals surface area contributed by atoms with Gasteiger partial charge in [-0.2, -0.15) is 0 Å². The second-order valence-electron chi connectivity index (χ2n) is 5.13. The Balaban J connectivity index is 0.00000200. The molecular weight excluding hydrogens is 295 g/mol. The first-order chi connectivity index (χ1) is 9.24. The molecule has 0 radical (unpaired) electrons. The summed E-state index contributed by atoms with van der Waals surface area (Å²) in [5, 5.41) is 7.06. The smallest absolute Gasteiger partial charge is 0.220 e. The lowest BCUT2D eigenvalue weighted by Crippen LogP contribution is -2.33. The van der Waals surface area contributed by atoms with Crippen molar-refractivity contribution in [2.45, 2.75) is 25.7 Å². The van der Waals surface area contributed by atoms with Gasteiger partial charge in [0.2, 0.25) is 5.91 Å². The van der Waals surface area contributed by atoms with E-state index in [4.69, 9.17) is 11.6 Å². The van der Waals surface area contributed by atoms with Crippen molar-refractivity contribution in [3.8, 4) is 0 Å². The van der Waals surface area contributed by atoms with Crippen LogP contribution in [0.15, 0.2) is 24.3 Å². The number of halogens is 2. The van der Waals surface area contributed by atoms with Gasteiger partial charge >= 0.3 is 0 Å². The van der Waals surface area contributed by atoms with Crippen LogP contribution >= 0.6 is 24.0 Å². The maximum Gasteiger partial charge on any atom is 0.220 e. The Kier molecular flexibility index (Phi) is 7.97. The molecule has 1 aromatic carbocycles. The number of benzene rings is 1. The van der Waals surface area contributed by atoms with Gasteiger partial charge in [0.05, 0.1) is 0 Å². The Bertz CT molecular complexity index is 420. The van der Waals surface area contributed by atoms with Gasteiger partial charge in [-0.15, -0.1) is 12.4 Å². The van der Waals surface area contributed by atoms with E-state index in [-0.39, 0.29) is 18.3 Å². The highest BCUT2D eigenvalue weighted by Gasteiger charge is 2.16. The van der Waals surface area contributed by atoms with Crippen molar-refractivity contribution in [3.05, 3.63) is 34.9 Å². The summed E-state index contributed by atoms with van der Waals surface area (Å²) in [5.41, 5.74) is 1.16. The molecule has 2 rings (SSSR count). The number of piperidine rings is 1. The summed E-state index contributed by atoms with van der Waals surface area (Å²) in [4.78, 5) is 11.8. The van der Waals surface area contributed by atoms with Gasteiger partial charge in [0.25, 0.3) is 0 Å². The molecule has 1 aromatic rings. The summed E-state index contributed by atoms with van der Waals surface area (Å²) in [6.45, 7) is 2.77. The van der Waals surface area contributed by atoms with E-state index in [1.54, 1.807) is 0 Å². The standard InChI is InChI=1S/C15H21ClN2O.ClH/c16-14-3-1-2-12(10-14)6-9-18-15(19)11-13-4-7-17-8-5-13;/h1-3,10,13,17H,4-9,11H2,(H,18,19);1H. The third-order valence-electron chi connectivity index (χ3n) is 3.56. The van der Waals surface area contributed by atoms with Gasteiger partial charge in [0.15, 0.2) is 0 Å². The van der Waals surface area contributed by atoms with E-state index >= 15 is 0 Å². The van der Waals surface area contributed by atoms with E-state index in [0.717, 1.165) is 42.9 Å². The molecule has 2 N–H and O–H groups in total. The normalized spacial score (nSPS) is 15.4. The molecule has 1 aliphatic heterocycles. The van der Waals surface area contributed by atoms with Gasteiger partial charge in [-0.3, -0.25) is 4.79 Å². The lowest BCUT2D eigenvalue weighted by atomic mass is 9.94. The van der Waals surface area contributed by atoms with E-state index < -0.39 is 0 Å². The quantitative estimate of drug-likeness (QED) is 0.877. The third kappa shape index (κ3) is 6.12. The molecule has 0 atom stereocenters. The first kappa shape index (κ1) is 17.3. The monoisotopic (exact) mass is 316 g/mol. The van der Waals surface area contributed by atoms with Gasteiger partial charge in [0.1, 0.15) is 0 Å².